The van der Waals surface area contributed by atoms with Crippen molar-refractivity contribution in [1.29, 1.82) is 0 Å². The molecule has 0 aliphatic rings. The number of alkyl halides is 6. The Kier molecular flexibility index (Phi) is 6.43. The number of carbonyl (C=O) groups excluding carboxylic acids is 2. The van der Waals surface area contributed by atoms with Crippen LogP contribution in [0.1, 0.15) is 0 Å². The Balaban J connectivity index is 3.97. The highest BCUT2D eigenvalue weighted by molar-refractivity contribution is 8.86. The number of hydrogen-bond donors (Lipinski definition) is 0. The Morgan fingerprint density at radius 1 is 0.688 bits per heavy atom. The highest BCUT2D eigenvalue weighted by atomic mass is 33.1. The van der Waals surface area contributed by atoms with Gasteiger partial charge < -0.3 is 0 Å². The van der Waals surface area contributed by atoms with Gasteiger partial charge in [-0.15, -0.1) is 0 Å². The van der Waals surface area contributed by atoms with Gasteiger partial charge in [-0.25, -0.2) is 0 Å². The molecule has 0 aromatic heterocycles. The third-order valence-corrected chi connectivity index (χ3v) is 4.48. The standard InChI is InChI=1S/C4F6O2S4/c5-3(6,7)15-13-1(11)2(12)14-16-4(8,9)10. The first-order valence-electron chi connectivity index (χ1n) is 2.94. The lowest BCUT2D eigenvalue weighted by Crippen LogP contribution is -2.07. The van der Waals surface area contributed by atoms with Crippen molar-refractivity contribution in [2.75, 3.05) is 0 Å². The summed E-state index contributed by atoms with van der Waals surface area (Å²) < 4.78 is 69.2. The molecule has 0 aliphatic carbocycles. The average Bonchev–Trinajstić information content (AvgIpc) is 2.07. The number of carbonyl (C=O) groups is 2. The van der Waals surface area contributed by atoms with Gasteiger partial charge in [-0.3, -0.25) is 9.59 Å². The van der Waals surface area contributed by atoms with E-state index in [4.69, 9.17) is 0 Å². The lowest BCUT2D eigenvalue weighted by Gasteiger charge is -2.04. The Hall–Kier alpha value is 0.320. The zero-order valence-corrected chi connectivity index (χ0v) is 9.98. The monoisotopic (exact) mass is 322 g/mol. The van der Waals surface area contributed by atoms with E-state index in [-0.39, 0.29) is 0 Å². The molecule has 0 saturated heterocycles. The topological polar surface area (TPSA) is 34.1 Å². The van der Waals surface area contributed by atoms with Crippen molar-refractivity contribution in [2.24, 2.45) is 0 Å². The Morgan fingerprint density at radius 3 is 1.12 bits per heavy atom. The van der Waals surface area contributed by atoms with Crippen LogP contribution >= 0.6 is 43.2 Å². The summed E-state index contributed by atoms with van der Waals surface area (Å²) in [6, 6.07) is 0. The summed E-state index contributed by atoms with van der Waals surface area (Å²) in [5, 5.41) is -3.19. The molecule has 0 unspecified atom stereocenters. The summed E-state index contributed by atoms with van der Waals surface area (Å²) >= 11 is 0. The highest BCUT2D eigenvalue weighted by Crippen LogP contribution is 2.44. The second-order valence-electron chi connectivity index (χ2n) is 1.80. The van der Waals surface area contributed by atoms with Gasteiger partial charge in [0.25, 0.3) is 10.2 Å². The molecule has 16 heavy (non-hydrogen) atoms. The second kappa shape index (κ2) is 6.31. The molecule has 0 aromatic carbocycles. The smallest absolute Gasteiger partial charge is 0.276 e. The maximum atomic E-state index is 11.5. The molecular formula is C4F6O2S4. The van der Waals surface area contributed by atoms with Crippen LogP contribution in [-0.2, 0) is 9.59 Å². The molecule has 0 aromatic rings. The van der Waals surface area contributed by atoms with Crippen molar-refractivity contribution in [3.63, 3.8) is 0 Å². The predicted octanol–water partition coefficient (Wildman–Crippen LogP) is 3.84. The van der Waals surface area contributed by atoms with Gasteiger partial charge in [0.05, 0.1) is 0 Å². The van der Waals surface area contributed by atoms with E-state index in [2.05, 4.69) is 0 Å². The largest absolute Gasteiger partial charge is 0.452 e. The zero-order valence-electron chi connectivity index (χ0n) is 6.72. The maximum absolute atomic E-state index is 11.5. The lowest BCUT2D eigenvalue weighted by atomic mass is 10.9. The lowest BCUT2D eigenvalue weighted by molar-refractivity contribution is -0.126. The summed E-state index contributed by atoms with van der Waals surface area (Å²) in [4.78, 5) is 21.2. The number of halogens is 6. The normalized spacial score (nSPS) is 12.6. The first-order valence-corrected chi connectivity index (χ1v) is 7.24. The van der Waals surface area contributed by atoms with Crippen LogP contribution in [0.2, 0.25) is 0 Å². The van der Waals surface area contributed by atoms with Gasteiger partial charge in [-0.05, 0) is 21.6 Å². The molecule has 0 rings (SSSR count). The molecule has 0 spiro atoms. The third-order valence-electron chi connectivity index (χ3n) is 0.590. The average molecular weight is 322 g/mol. The van der Waals surface area contributed by atoms with Crippen LogP contribution in [0.4, 0.5) is 26.3 Å². The van der Waals surface area contributed by atoms with Gasteiger partial charge >= 0.3 is 11.0 Å². The van der Waals surface area contributed by atoms with Crippen molar-refractivity contribution in [3.05, 3.63) is 0 Å². The highest BCUT2D eigenvalue weighted by Gasteiger charge is 2.35. The third kappa shape index (κ3) is 9.54. The SMILES string of the molecule is O=C(SSC(F)(F)F)C(=O)SSC(F)(F)F. The van der Waals surface area contributed by atoms with Crippen LogP contribution in [0.3, 0.4) is 0 Å². The predicted molar refractivity (Wildman–Crippen MR) is 52.5 cm³/mol. The Labute approximate surface area is 100 Å². The summed E-state index contributed by atoms with van der Waals surface area (Å²) in [7, 11) is -2.62. The van der Waals surface area contributed by atoms with Crippen molar-refractivity contribution in [3.8, 4) is 0 Å². The molecule has 0 heterocycles. The van der Waals surface area contributed by atoms with E-state index in [0.717, 1.165) is 0 Å². The molecule has 0 bridgehead atoms. The van der Waals surface area contributed by atoms with Gasteiger partial charge in [-0.1, -0.05) is 0 Å². The minimum absolute atomic E-state index is 0.456. The van der Waals surface area contributed by atoms with Crippen LogP contribution in [0.5, 0.6) is 0 Å². The van der Waals surface area contributed by atoms with E-state index in [1.165, 1.54) is 0 Å². The fourth-order valence-corrected chi connectivity index (χ4v) is 2.76. The van der Waals surface area contributed by atoms with Gasteiger partial charge in [0, 0.05) is 21.6 Å². The molecule has 0 aliphatic heterocycles. The van der Waals surface area contributed by atoms with Crippen LogP contribution in [0.25, 0.3) is 0 Å². The molecule has 0 amide bonds. The quantitative estimate of drug-likeness (QED) is 0.436. The summed E-state index contributed by atoms with van der Waals surface area (Å²) in [5.74, 6) is 0. The molecule has 0 atom stereocenters. The molecule has 94 valence electrons. The van der Waals surface area contributed by atoms with Crippen molar-refractivity contribution < 1.29 is 35.9 Å². The van der Waals surface area contributed by atoms with E-state index < -0.39 is 64.4 Å². The first kappa shape index (κ1) is 16.3. The fourth-order valence-electron chi connectivity index (χ4n) is 0.238. The first-order chi connectivity index (χ1) is 7.01. The molecule has 0 fully saturated rings. The van der Waals surface area contributed by atoms with E-state index in [1.807, 2.05) is 0 Å². The van der Waals surface area contributed by atoms with Gasteiger partial charge in [0.1, 0.15) is 0 Å². The van der Waals surface area contributed by atoms with E-state index in [1.54, 1.807) is 0 Å². The number of hydrogen-bond acceptors (Lipinski definition) is 6. The van der Waals surface area contributed by atoms with Crippen molar-refractivity contribution in [2.45, 2.75) is 11.0 Å². The van der Waals surface area contributed by atoms with Crippen LogP contribution in [0, 0.1) is 0 Å². The second-order valence-corrected chi connectivity index (χ2v) is 6.13. The van der Waals surface area contributed by atoms with Crippen LogP contribution < -0.4 is 0 Å². The van der Waals surface area contributed by atoms with Gasteiger partial charge in [0.2, 0.25) is 0 Å². The molecule has 12 heteroatoms. The number of rotatable bonds is 2. The minimum Gasteiger partial charge on any atom is -0.276 e. The van der Waals surface area contributed by atoms with Crippen LogP contribution in [-0.4, -0.2) is 21.2 Å². The zero-order chi connectivity index (χ0) is 13.0. The summed E-state index contributed by atoms with van der Waals surface area (Å²) in [6.07, 6.45) is 0. The molecule has 0 saturated carbocycles. The summed E-state index contributed by atoms with van der Waals surface area (Å²) in [5.41, 5.74) is -9.47. The fraction of sp³-hybridized carbons (Fsp3) is 0.500. The Morgan fingerprint density at radius 2 is 0.938 bits per heavy atom. The maximum Gasteiger partial charge on any atom is 0.452 e. The van der Waals surface area contributed by atoms with Crippen molar-refractivity contribution in [1.82, 2.24) is 0 Å². The summed E-state index contributed by atoms with van der Waals surface area (Å²) in [6.45, 7) is 0. The minimum atomic E-state index is -4.73. The molecule has 0 N–H and O–H groups in total. The molecule has 0 radical (unpaired) electrons. The molecule has 2 nitrogen and oxygen atoms in total. The Bertz CT molecular complexity index is 245. The van der Waals surface area contributed by atoms with Crippen molar-refractivity contribution >= 4 is 53.4 Å². The van der Waals surface area contributed by atoms with Gasteiger partial charge in [-0.2, -0.15) is 26.3 Å². The van der Waals surface area contributed by atoms with E-state index in [0.29, 0.717) is 0 Å². The van der Waals surface area contributed by atoms with Gasteiger partial charge in [0.15, 0.2) is 0 Å². The molecular weight excluding hydrogens is 322 g/mol. The van der Waals surface area contributed by atoms with E-state index in [9.17, 15) is 35.9 Å². The van der Waals surface area contributed by atoms with E-state index >= 15 is 0 Å². The van der Waals surface area contributed by atoms with Crippen LogP contribution in [0.15, 0.2) is 0 Å².